The molecule has 1 atom stereocenters. The van der Waals surface area contributed by atoms with Crippen molar-refractivity contribution in [2.24, 2.45) is 5.84 Å². The average Bonchev–Trinajstić information content (AvgIpc) is 2.77. The van der Waals surface area contributed by atoms with Crippen molar-refractivity contribution in [3.05, 3.63) is 55.7 Å². The van der Waals surface area contributed by atoms with E-state index in [9.17, 15) is 0 Å². The van der Waals surface area contributed by atoms with E-state index in [1.54, 1.807) is 11.3 Å². The highest BCUT2D eigenvalue weighted by Crippen LogP contribution is 2.31. The maximum atomic E-state index is 5.70. The molecule has 96 valence electrons. The van der Waals surface area contributed by atoms with Gasteiger partial charge in [0.2, 0.25) is 0 Å². The summed E-state index contributed by atoms with van der Waals surface area (Å²) in [6, 6.07) is 8.76. The minimum absolute atomic E-state index is 0.153. The summed E-state index contributed by atoms with van der Waals surface area (Å²) in [7, 11) is 0. The largest absolute Gasteiger partial charge is 0.271 e. The molecule has 2 rings (SSSR count). The Hall–Kier alpha value is -0.680. The Morgan fingerprint density at radius 2 is 2.11 bits per heavy atom. The summed E-state index contributed by atoms with van der Waals surface area (Å²) in [5, 5.41) is 2.08. The van der Waals surface area contributed by atoms with Crippen molar-refractivity contribution in [2.75, 3.05) is 0 Å². The molecule has 0 aliphatic carbocycles. The third-order valence-electron chi connectivity index (χ3n) is 3.09. The zero-order chi connectivity index (χ0) is 13.1. The molecular weight excluding hydrogens is 308 g/mol. The van der Waals surface area contributed by atoms with Gasteiger partial charge in [-0.2, -0.15) is 0 Å². The van der Waals surface area contributed by atoms with Gasteiger partial charge in [-0.25, -0.2) is 0 Å². The molecule has 0 radical (unpaired) electrons. The first-order valence-corrected chi connectivity index (χ1v) is 7.54. The van der Waals surface area contributed by atoms with Crippen molar-refractivity contribution in [3.63, 3.8) is 0 Å². The van der Waals surface area contributed by atoms with Crippen molar-refractivity contribution < 1.29 is 0 Å². The number of aryl methyl sites for hydroxylation is 2. The predicted octanol–water partition coefficient (Wildman–Crippen LogP) is 3.87. The van der Waals surface area contributed by atoms with Gasteiger partial charge in [0.05, 0.1) is 6.04 Å². The molecule has 0 aliphatic rings. The molecule has 1 aromatic heterocycles. The number of nitrogens with one attached hydrogen (secondary N) is 1. The normalized spacial score (nSPS) is 12.7. The Balaban J connectivity index is 2.26. The fourth-order valence-corrected chi connectivity index (χ4v) is 3.73. The maximum Gasteiger partial charge on any atom is 0.0604 e. The van der Waals surface area contributed by atoms with Gasteiger partial charge in [-0.3, -0.25) is 11.3 Å². The van der Waals surface area contributed by atoms with E-state index in [-0.39, 0.29) is 6.04 Å². The van der Waals surface area contributed by atoms with Crippen LogP contribution in [-0.4, -0.2) is 0 Å². The molecule has 2 aromatic rings. The molecule has 1 aromatic carbocycles. The SMILES string of the molecule is Cc1ccc(C)c(CC(NN)c2sccc2Br)c1. The lowest BCUT2D eigenvalue weighted by molar-refractivity contribution is 0.557. The van der Waals surface area contributed by atoms with Gasteiger partial charge in [0.1, 0.15) is 0 Å². The number of thiophene rings is 1. The lowest BCUT2D eigenvalue weighted by Gasteiger charge is -2.17. The fourth-order valence-electron chi connectivity index (χ4n) is 2.02. The van der Waals surface area contributed by atoms with E-state index in [0.717, 1.165) is 10.9 Å². The summed E-state index contributed by atoms with van der Waals surface area (Å²) < 4.78 is 1.13. The molecule has 3 N–H and O–H groups in total. The number of rotatable bonds is 4. The van der Waals surface area contributed by atoms with Gasteiger partial charge in [-0.15, -0.1) is 11.3 Å². The lowest BCUT2D eigenvalue weighted by Crippen LogP contribution is -2.29. The summed E-state index contributed by atoms with van der Waals surface area (Å²) in [5.74, 6) is 5.70. The monoisotopic (exact) mass is 324 g/mol. The number of halogens is 1. The third kappa shape index (κ3) is 3.01. The molecular formula is C14H17BrN2S. The molecule has 0 amide bonds. The van der Waals surface area contributed by atoms with Gasteiger partial charge >= 0.3 is 0 Å². The first kappa shape index (κ1) is 13.7. The quantitative estimate of drug-likeness (QED) is 0.661. The first-order valence-electron chi connectivity index (χ1n) is 5.87. The minimum atomic E-state index is 0.153. The third-order valence-corrected chi connectivity index (χ3v) is 5.08. The zero-order valence-corrected chi connectivity index (χ0v) is 12.9. The number of hydrogen-bond acceptors (Lipinski definition) is 3. The molecule has 2 nitrogen and oxygen atoms in total. The van der Waals surface area contributed by atoms with Gasteiger partial charge in [0.15, 0.2) is 0 Å². The summed E-state index contributed by atoms with van der Waals surface area (Å²) >= 11 is 5.29. The number of hydrazine groups is 1. The van der Waals surface area contributed by atoms with Gasteiger partial charge < -0.3 is 0 Å². The fraction of sp³-hybridized carbons (Fsp3) is 0.286. The average molecular weight is 325 g/mol. The smallest absolute Gasteiger partial charge is 0.0604 e. The molecule has 1 heterocycles. The van der Waals surface area contributed by atoms with Crippen LogP contribution in [0.1, 0.15) is 27.6 Å². The van der Waals surface area contributed by atoms with E-state index in [1.807, 2.05) is 0 Å². The first-order chi connectivity index (χ1) is 8.61. The van der Waals surface area contributed by atoms with E-state index in [2.05, 4.69) is 64.8 Å². The molecule has 18 heavy (non-hydrogen) atoms. The van der Waals surface area contributed by atoms with Crippen LogP contribution in [0.25, 0.3) is 0 Å². The van der Waals surface area contributed by atoms with Crippen molar-refractivity contribution in [1.82, 2.24) is 5.43 Å². The van der Waals surface area contributed by atoms with Crippen LogP contribution in [0.5, 0.6) is 0 Å². The summed E-state index contributed by atoms with van der Waals surface area (Å²) in [6.07, 6.45) is 0.906. The van der Waals surface area contributed by atoms with Crippen LogP contribution in [0.3, 0.4) is 0 Å². The van der Waals surface area contributed by atoms with Crippen molar-refractivity contribution in [1.29, 1.82) is 0 Å². The van der Waals surface area contributed by atoms with Crippen LogP contribution in [0.4, 0.5) is 0 Å². The van der Waals surface area contributed by atoms with E-state index in [0.29, 0.717) is 0 Å². The Morgan fingerprint density at radius 3 is 2.72 bits per heavy atom. The lowest BCUT2D eigenvalue weighted by atomic mass is 9.98. The van der Waals surface area contributed by atoms with E-state index in [4.69, 9.17) is 5.84 Å². The predicted molar refractivity (Wildman–Crippen MR) is 81.7 cm³/mol. The molecule has 0 saturated carbocycles. The van der Waals surface area contributed by atoms with Crippen LogP contribution < -0.4 is 11.3 Å². The molecule has 0 aliphatic heterocycles. The molecule has 0 saturated heterocycles. The van der Waals surface area contributed by atoms with Crippen molar-refractivity contribution >= 4 is 27.3 Å². The summed E-state index contributed by atoms with van der Waals surface area (Å²) in [6.45, 7) is 4.26. The van der Waals surface area contributed by atoms with Gasteiger partial charge in [0.25, 0.3) is 0 Å². The molecule has 4 heteroatoms. The van der Waals surface area contributed by atoms with E-state index in [1.165, 1.54) is 21.6 Å². The second-order valence-corrected chi connectivity index (χ2v) is 6.29. The Kier molecular flexibility index (Phi) is 4.56. The number of hydrogen-bond donors (Lipinski definition) is 2. The topological polar surface area (TPSA) is 38.0 Å². The summed E-state index contributed by atoms with van der Waals surface area (Å²) in [5.41, 5.74) is 6.87. The second kappa shape index (κ2) is 5.97. The van der Waals surface area contributed by atoms with E-state index >= 15 is 0 Å². The Morgan fingerprint density at radius 1 is 1.33 bits per heavy atom. The second-order valence-electron chi connectivity index (χ2n) is 4.49. The maximum absolute atomic E-state index is 5.70. The minimum Gasteiger partial charge on any atom is -0.271 e. The van der Waals surface area contributed by atoms with E-state index < -0.39 is 0 Å². The van der Waals surface area contributed by atoms with Crippen LogP contribution >= 0.6 is 27.3 Å². The molecule has 0 fully saturated rings. The van der Waals surface area contributed by atoms with Crippen LogP contribution in [0.2, 0.25) is 0 Å². The zero-order valence-electron chi connectivity index (χ0n) is 10.5. The van der Waals surface area contributed by atoms with Gasteiger partial charge in [-0.1, -0.05) is 23.8 Å². The van der Waals surface area contributed by atoms with Crippen LogP contribution in [-0.2, 0) is 6.42 Å². The van der Waals surface area contributed by atoms with Crippen LogP contribution in [0, 0.1) is 13.8 Å². The Bertz CT molecular complexity index is 536. The number of nitrogens with two attached hydrogens (primary N) is 1. The van der Waals surface area contributed by atoms with Gasteiger partial charge in [-0.05, 0) is 58.8 Å². The van der Waals surface area contributed by atoms with Crippen molar-refractivity contribution in [2.45, 2.75) is 26.3 Å². The summed E-state index contributed by atoms with van der Waals surface area (Å²) in [4.78, 5) is 1.25. The van der Waals surface area contributed by atoms with Crippen molar-refractivity contribution in [3.8, 4) is 0 Å². The van der Waals surface area contributed by atoms with Gasteiger partial charge in [0, 0.05) is 9.35 Å². The van der Waals surface area contributed by atoms with Crippen LogP contribution in [0.15, 0.2) is 34.1 Å². The molecule has 0 bridgehead atoms. The highest BCUT2D eigenvalue weighted by Gasteiger charge is 2.16. The highest BCUT2D eigenvalue weighted by molar-refractivity contribution is 9.10. The molecule has 1 unspecified atom stereocenters. The Labute approximate surface area is 120 Å². The highest BCUT2D eigenvalue weighted by atomic mass is 79.9. The standard InChI is InChI=1S/C14H17BrN2S/c1-9-3-4-10(2)11(7-9)8-13(17-16)14-12(15)5-6-18-14/h3-7,13,17H,8,16H2,1-2H3. The number of benzene rings is 1. The molecule has 0 spiro atoms.